The Morgan fingerprint density at radius 3 is 2.12 bits per heavy atom. The summed E-state index contributed by atoms with van der Waals surface area (Å²) in [5, 5.41) is 24.2. The maximum Gasteiger partial charge on any atom is 0.277 e. The summed E-state index contributed by atoms with van der Waals surface area (Å²) in [4.78, 5) is 32.4. The molecular weight excluding hydrogens is 330 g/mol. The van der Waals surface area contributed by atoms with Gasteiger partial charge in [-0.3, -0.25) is 25.0 Å². The number of nitro benzene ring substituents is 2. The number of anilines is 1. The van der Waals surface area contributed by atoms with Gasteiger partial charge in [0.1, 0.15) is 12.4 Å². The lowest BCUT2D eigenvalue weighted by atomic mass is 10.1. The van der Waals surface area contributed by atoms with E-state index in [9.17, 15) is 25.0 Å². The van der Waals surface area contributed by atoms with Crippen molar-refractivity contribution in [2.24, 2.45) is 0 Å². The van der Waals surface area contributed by atoms with Crippen molar-refractivity contribution in [1.82, 2.24) is 0 Å². The Morgan fingerprint density at radius 1 is 1.08 bits per heavy atom. The summed E-state index contributed by atoms with van der Waals surface area (Å²) < 4.78 is 5.30. The van der Waals surface area contributed by atoms with Crippen molar-refractivity contribution >= 4 is 23.0 Å². The van der Waals surface area contributed by atoms with Crippen molar-refractivity contribution in [3.8, 4) is 5.75 Å². The molecule has 2 aromatic carbocycles. The van der Waals surface area contributed by atoms with Gasteiger partial charge >= 0.3 is 0 Å². The Hall–Kier alpha value is -3.75. The first-order valence-corrected chi connectivity index (χ1v) is 6.99. The molecule has 128 valence electrons. The number of amides is 1. The van der Waals surface area contributed by atoms with Crippen LogP contribution in [0.1, 0.15) is 10.4 Å². The Morgan fingerprint density at radius 2 is 1.64 bits per heavy atom. The van der Waals surface area contributed by atoms with E-state index in [1.54, 1.807) is 30.3 Å². The molecule has 2 rings (SSSR count). The molecule has 9 heteroatoms. The number of benzene rings is 2. The Labute approximate surface area is 141 Å². The van der Waals surface area contributed by atoms with Gasteiger partial charge in [-0.05, 0) is 24.3 Å². The molecule has 0 saturated carbocycles. The number of nitrogens with one attached hydrogen (secondary N) is 1. The SMILES string of the molecule is C=CCOc1ccc(NC(=O)c2cc([N+](=O)[O-])cc([N+](=O)[O-])c2)cc1. The summed E-state index contributed by atoms with van der Waals surface area (Å²) in [6.45, 7) is 3.86. The van der Waals surface area contributed by atoms with E-state index in [-0.39, 0.29) is 5.56 Å². The van der Waals surface area contributed by atoms with Gasteiger partial charge in [0.25, 0.3) is 17.3 Å². The number of hydrogen-bond acceptors (Lipinski definition) is 6. The molecule has 1 N–H and O–H groups in total. The van der Waals surface area contributed by atoms with E-state index >= 15 is 0 Å². The molecule has 0 aliphatic rings. The molecule has 0 atom stereocenters. The third-order valence-electron chi connectivity index (χ3n) is 3.07. The maximum atomic E-state index is 12.2. The van der Waals surface area contributed by atoms with Crippen molar-refractivity contribution in [2.45, 2.75) is 0 Å². The summed E-state index contributed by atoms with van der Waals surface area (Å²) in [5.74, 6) is -0.129. The van der Waals surface area contributed by atoms with E-state index < -0.39 is 27.1 Å². The lowest BCUT2D eigenvalue weighted by Gasteiger charge is -2.07. The van der Waals surface area contributed by atoms with Gasteiger partial charge in [0.05, 0.1) is 21.5 Å². The average molecular weight is 343 g/mol. The fraction of sp³-hybridized carbons (Fsp3) is 0.0625. The molecule has 0 aliphatic carbocycles. The molecule has 0 saturated heterocycles. The lowest BCUT2D eigenvalue weighted by molar-refractivity contribution is -0.394. The number of nitro groups is 2. The first-order valence-electron chi connectivity index (χ1n) is 6.99. The van der Waals surface area contributed by atoms with Crippen molar-refractivity contribution in [3.63, 3.8) is 0 Å². The van der Waals surface area contributed by atoms with Crippen LogP contribution in [0.5, 0.6) is 5.75 Å². The summed E-state index contributed by atoms with van der Waals surface area (Å²) in [6.07, 6.45) is 1.59. The quantitative estimate of drug-likeness (QED) is 0.467. The fourth-order valence-corrected chi connectivity index (χ4v) is 1.93. The Bertz CT molecular complexity index is 800. The summed E-state index contributed by atoms with van der Waals surface area (Å²) in [7, 11) is 0. The molecule has 0 fully saturated rings. The van der Waals surface area contributed by atoms with E-state index in [2.05, 4.69) is 11.9 Å². The maximum absolute atomic E-state index is 12.2. The van der Waals surface area contributed by atoms with Gasteiger partial charge < -0.3 is 10.1 Å². The third kappa shape index (κ3) is 4.61. The summed E-state index contributed by atoms with van der Waals surface area (Å²) >= 11 is 0. The highest BCUT2D eigenvalue weighted by Gasteiger charge is 2.19. The molecule has 0 spiro atoms. The van der Waals surface area contributed by atoms with Crippen LogP contribution in [0, 0.1) is 20.2 Å². The minimum Gasteiger partial charge on any atom is -0.490 e. The molecule has 0 radical (unpaired) electrons. The van der Waals surface area contributed by atoms with Crippen molar-refractivity contribution in [2.75, 3.05) is 11.9 Å². The first-order chi connectivity index (χ1) is 11.9. The number of carbonyl (C=O) groups is 1. The highest BCUT2D eigenvalue weighted by Crippen LogP contribution is 2.24. The third-order valence-corrected chi connectivity index (χ3v) is 3.07. The summed E-state index contributed by atoms with van der Waals surface area (Å²) in [5.41, 5.74) is -0.849. The predicted octanol–water partition coefficient (Wildman–Crippen LogP) is 3.32. The molecule has 0 heterocycles. The first kappa shape index (κ1) is 17.6. The predicted molar refractivity (Wildman–Crippen MR) is 89.8 cm³/mol. The van der Waals surface area contributed by atoms with Crippen LogP contribution in [0.15, 0.2) is 55.1 Å². The minimum atomic E-state index is -0.796. The molecule has 0 bridgehead atoms. The molecule has 25 heavy (non-hydrogen) atoms. The van der Waals surface area contributed by atoms with Crippen LogP contribution in [0.25, 0.3) is 0 Å². The second kappa shape index (κ2) is 7.68. The highest BCUT2D eigenvalue weighted by atomic mass is 16.6. The van der Waals surface area contributed by atoms with Crippen LogP contribution in [0.3, 0.4) is 0 Å². The van der Waals surface area contributed by atoms with Gasteiger partial charge in [-0.1, -0.05) is 12.7 Å². The van der Waals surface area contributed by atoms with Crippen molar-refractivity contribution in [3.05, 3.63) is 80.9 Å². The number of rotatable bonds is 7. The number of nitrogens with zero attached hydrogens (tertiary/aromatic N) is 2. The summed E-state index contributed by atoms with van der Waals surface area (Å²) in [6, 6.07) is 9.13. The van der Waals surface area contributed by atoms with Crippen molar-refractivity contribution < 1.29 is 19.4 Å². The molecule has 0 unspecified atom stereocenters. The monoisotopic (exact) mass is 343 g/mol. The molecule has 0 aliphatic heterocycles. The standard InChI is InChI=1S/C16H13N3O6/c1-2-7-25-15-5-3-12(4-6-15)17-16(20)11-8-13(18(21)22)10-14(9-11)19(23)24/h2-6,8-10H,1,7H2,(H,17,20). The zero-order valence-corrected chi connectivity index (χ0v) is 12.9. The fourth-order valence-electron chi connectivity index (χ4n) is 1.93. The van der Waals surface area contributed by atoms with Crippen LogP contribution in [-0.2, 0) is 0 Å². The molecule has 9 nitrogen and oxygen atoms in total. The van der Waals surface area contributed by atoms with E-state index in [0.29, 0.717) is 18.0 Å². The van der Waals surface area contributed by atoms with Gasteiger partial charge in [-0.2, -0.15) is 0 Å². The Balaban J connectivity index is 2.21. The van der Waals surface area contributed by atoms with Crippen LogP contribution in [0.2, 0.25) is 0 Å². The van der Waals surface area contributed by atoms with E-state index in [0.717, 1.165) is 18.2 Å². The number of non-ortho nitro benzene ring substituents is 2. The molecule has 0 aromatic heterocycles. The number of ether oxygens (including phenoxy) is 1. The smallest absolute Gasteiger partial charge is 0.277 e. The van der Waals surface area contributed by atoms with Crippen LogP contribution in [-0.4, -0.2) is 22.4 Å². The van der Waals surface area contributed by atoms with Crippen molar-refractivity contribution in [1.29, 1.82) is 0 Å². The van der Waals surface area contributed by atoms with Crippen LogP contribution >= 0.6 is 0 Å². The van der Waals surface area contributed by atoms with Gasteiger partial charge in [0.15, 0.2) is 0 Å². The van der Waals surface area contributed by atoms with Gasteiger partial charge in [0.2, 0.25) is 0 Å². The average Bonchev–Trinajstić information content (AvgIpc) is 2.60. The zero-order valence-electron chi connectivity index (χ0n) is 12.9. The number of carbonyl (C=O) groups excluding carboxylic acids is 1. The molecular formula is C16H13N3O6. The minimum absolute atomic E-state index is 0.187. The largest absolute Gasteiger partial charge is 0.490 e. The van der Waals surface area contributed by atoms with E-state index in [1.807, 2.05) is 0 Å². The van der Waals surface area contributed by atoms with E-state index in [1.165, 1.54) is 0 Å². The highest BCUT2D eigenvalue weighted by molar-refractivity contribution is 6.05. The van der Waals surface area contributed by atoms with Crippen LogP contribution < -0.4 is 10.1 Å². The lowest BCUT2D eigenvalue weighted by Crippen LogP contribution is -2.12. The van der Waals surface area contributed by atoms with Crippen LogP contribution in [0.4, 0.5) is 17.1 Å². The van der Waals surface area contributed by atoms with E-state index in [4.69, 9.17) is 4.74 Å². The second-order valence-corrected chi connectivity index (χ2v) is 4.83. The van der Waals surface area contributed by atoms with Gasteiger partial charge in [-0.15, -0.1) is 0 Å². The topological polar surface area (TPSA) is 125 Å². The second-order valence-electron chi connectivity index (χ2n) is 4.83. The van der Waals surface area contributed by atoms with Gasteiger partial charge in [0, 0.05) is 17.8 Å². The normalized spacial score (nSPS) is 9.92. The molecule has 1 amide bonds. The zero-order chi connectivity index (χ0) is 18.4. The molecule has 2 aromatic rings. The number of hydrogen-bond donors (Lipinski definition) is 1. The Kier molecular flexibility index (Phi) is 5.41. The van der Waals surface area contributed by atoms with Gasteiger partial charge in [-0.25, -0.2) is 0 Å².